The van der Waals surface area contributed by atoms with Crippen molar-refractivity contribution in [2.45, 2.75) is 12.8 Å². The van der Waals surface area contributed by atoms with Gasteiger partial charge in [-0.25, -0.2) is 19.9 Å². The molecule has 4 aromatic carbocycles. The summed E-state index contributed by atoms with van der Waals surface area (Å²) in [5.74, 6) is 2.55. The average molecular weight is 592 g/mol. The largest absolute Gasteiger partial charge is 0.292 e. The molecule has 0 fully saturated rings. The molecule has 9 rings (SSSR count). The van der Waals surface area contributed by atoms with Crippen LogP contribution in [-0.2, 0) is 0 Å². The van der Waals surface area contributed by atoms with E-state index in [9.17, 15) is 0 Å². The normalized spacial score (nSPS) is 16.2. The molecule has 2 unspecified atom stereocenters. The van der Waals surface area contributed by atoms with Crippen molar-refractivity contribution in [2.75, 3.05) is 0 Å². The summed E-state index contributed by atoms with van der Waals surface area (Å²) in [6.45, 7) is 2.21. The van der Waals surface area contributed by atoms with E-state index >= 15 is 0 Å². The number of pyridine rings is 1. The summed E-state index contributed by atoms with van der Waals surface area (Å²) in [6.07, 6.45) is 8.57. The van der Waals surface area contributed by atoms with Crippen LogP contribution in [0.4, 0.5) is 0 Å². The molecule has 0 aliphatic heterocycles. The van der Waals surface area contributed by atoms with Gasteiger partial charge in [0, 0.05) is 33.4 Å². The van der Waals surface area contributed by atoms with Crippen molar-refractivity contribution < 1.29 is 0 Å². The van der Waals surface area contributed by atoms with Crippen LogP contribution in [0.2, 0.25) is 0 Å². The molecule has 0 saturated heterocycles. The van der Waals surface area contributed by atoms with E-state index in [1.807, 2.05) is 18.2 Å². The molecule has 4 aromatic heterocycles. The molecule has 0 spiro atoms. The molecular weight excluding hydrogens is 562 g/mol. The summed E-state index contributed by atoms with van der Waals surface area (Å²) in [6, 6.07) is 42.3. The maximum Gasteiger partial charge on any atom is 0.163 e. The number of benzene rings is 4. The van der Waals surface area contributed by atoms with Crippen molar-refractivity contribution in [3.05, 3.63) is 151 Å². The lowest BCUT2D eigenvalue weighted by molar-refractivity contribution is 0.600. The summed E-state index contributed by atoms with van der Waals surface area (Å²) in [7, 11) is 0. The second kappa shape index (κ2) is 10.6. The third kappa shape index (κ3) is 4.32. The van der Waals surface area contributed by atoms with Crippen LogP contribution in [0.1, 0.15) is 18.7 Å². The zero-order valence-corrected chi connectivity index (χ0v) is 25.2. The van der Waals surface area contributed by atoms with Crippen molar-refractivity contribution in [2.24, 2.45) is 5.92 Å². The van der Waals surface area contributed by atoms with Crippen LogP contribution >= 0.6 is 0 Å². The molecule has 46 heavy (non-hydrogen) atoms. The average Bonchev–Trinajstić information content (AvgIpc) is 3.68. The molecule has 4 heterocycles. The van der Waals surface area contributed by atoms with E-state index in [0.717, 1.165) is 50.5 Å². The van der Waals surface area contributed by atoms with Gasteiger partial charge in [0.25, 0.3) is 0 Å². The van der Waals surface area contributed by atoms with Crippen molar-refractivity contribution in [3.63, 3.8) is 0 Å². The molecule has 5 nitrogen and oxygen atoms in total. The topological polar surface area (TPSA) is 56.0 Å². The van der Waals surface area contributed by atoms with E-state index in [0.29, 0.717) is 17.6 Å². The highest BCUT2D eigenvalue weighted by Crippen LogP contribution is 2.38. The standard InChI is InChI=1S/C41H29N5/c1-26-11-5-6-16-32(26)41-44-39(29-12-3-2-4-13-29)43-40(45-41)31-15-9-14-30(25-31)27-21-23-28(24-22-27)37-38-34-18-8-7-17-33(34)35-19-10-20-36(42-37)46(35)38/h2-26,32H,1H3. The smallest absolute Gasteiger partial charge is 0.163 e. The summed E-state index contributed by atoms with van der Waals surface area (Å²) in [5, 5.41) is 2.48. The Labute approximate surface area is 266 Å². The fourth-order valence-electron chi connectivity index (χ4n) is 6.75. The van der Waals surface area contributed by atoms with E-state index in [1.54, 1.807) is 0 Å². The lowest BCUT2D eigenvalue weighted by atomic mass is 9.89. The number of fused-ring (bicyclic) bond motifs is 3. The number of allylic oxidation sites excluding steroid dienone is 4. The molecule has 1 aliphatic rings. The highest BCUT2D eigenvalue weighted by atomic mass is 15.0. The molecule has 218 valence electrons. The molecule has 0 N–H and O–H groups in total. The van der Waals surface area contributed by atoms with Gasteiger partial charge in [0.05, 0.1) is 16.7 Å². The third-order valence-corrected chi connectivity index (χ3v) is 9.11. The van der Waals surface area contributed by atoms with Gasteiger partial charge in [-0.2, -0.15) is 0 Å². The number of nitrogens with zero attached hydrogens (tertiary/aromatic N) is 5. The SMILES string of the molecule is CC1C=CC=CC1c1nc(-c2ccccc2)nc(-c2cccc(-c3ccc(-c4nc5cccc6c7ccccc7c4n56)cc3)c2)n1. The first-order valence-electron chi connectivity index (χ1n) is 15.7. The quantitative estimate of drug-likeness (QED) is 0.200. The fourth-order valence-corrected chi connectivity index (χ4v) is 6.75. The van der Waals surface area contributed by atoms with Crippen molar-refractivity contribution in [1.29, 1.82) is 0 Å². The lowest BCUT2D eigenvalue weighted by Crippen LogP contribution is -2.13. The van der Waals surface area contributed by atoms with Crippen LogP contribution in [0, 0.1) is 5.92 Å². The Morgan fingerprint density at radius 3 is 2.02 bits per heavy atom. The Bertz CT molecular complexity index is 2440. The van der Waals surface area contributed by atoms with E-state index < -0.39 is 0 Å². The Kier molecular flexibility index (Phi) is 6.10. The van der Waals surface area contributed by atoms with E-state index in [4.69, 9.17) is 19.9 Å². The van der Waals surface area contributed by atoms with Gasteiger partial charge < -0.3 is 0 Å². The van der Waals surface area contributed by atoms with Crippen LogP contribution in [0.15, 0.2) is 146 Å². The molecule has 0 amide bonds. The van der Waals surface area contributed by atoms with Crippen LogP contribution < -0.4 is 0 Å². The van der Waals surface area contributed by atoms with E-state index in [1.165, 1.54) is 16.3 Å². The summed E-state index contributed by atoms with van der Waals surface area (Å²) < 4.78 is 2.28. The highest BCUT2D eigenvalue weighted by Gasteiger charge is 2.22. The minimum absolute atomic E-state index is 0.0912. The summed E-state index contributed by atoms with van der Waals surface area (Å²) >= 11 is 0. The number of aromatic nitrogens is 5. The van der Waals surface area contributed by atoms with Crippen molar-refractivity contribution in [1.82, 2.24) is 24.3 Å². The minimum atomic E-state index is 0.0912. The Balaban J connectivity index is 1.11. The van der Waals surface area contributed by atoms with Crippen molar-refractivity contribution >= 4 is 27.5 Å². The van der Waals surface area contributed by atoms with E-state index in [2.05, 4.69) is 139 Å². The first-order chi connectivity index (χ1) is 22.7. The zero-order chi connectivity index (χ0) is 30.6. The molecule has 0 saturated carbocycles. The van der Waals surface area contributed by atoms with Crippen LogP contribution in [0.5, 0.6) is 0 Å². The van der Waals surface area contributed by atoms with Gasteiger partial charge in [-0.15, -0.1) is 0 Å². The predicted octanol–water partition coefficient (Wildman–Crippen LogP) is 9.78. The molecule has 2 atom stereocenters. The van der Waals surface area contributed by atoms with Gasteiger partial charge in [0.2, 0.25) is 0 Å². The zero-order valence-electron chi connectivity index (χ0n) is 25.2. The van der Waals surface area contributed by atoms with Crippen LogP contribution in [-0.4, -0.2) is 24.3 Å². The van der Waals surface area contributed by atoms with Crippen molar-refractivity contribution in [3.8, 4) is 45.2 Å². The highest BCUT2D eigenvalue weighted by molar-refractivity contribution is 6.13. The number of hydrogen-bond acceptors (Lipinski definition) is 4. The summed E-state index contributed by atoms with van der Waals surface area (Å²) in [4.78, 5) is 20.0. The van der Waals surface area contributed by atoms with Gasteiger partial charge in [-0.05, 0) is 35.2 Å². The maximum absolute atomic E-state index is 5.07. The maximum atomic E-state index is 5.07. The third-order valence-electron chi connectivity index (χ3n) is 9.11. The van der Waals surface area contributed by atoms with Gasteiger partial charge in [-0.3, -0.25) is 4.40 Å². The van der Waals surface area contributed by atoms with E-state index in [-0.39, 0.29) is 5.92 Å². The first-order valence-corrected chi connectivity index (χ1v) is 15.7. The molecule has 1 aliphatic carbocycles. The second-order valence-electron chi connectivity index (χ2n) is 12.0. The van der Waals surface area contributed by atoms with Gasteiger partial charge in [0.1, 0.15) is 11.5 Å². The summed E-state index contributed by atoms with van der Waals surface area (Å²) in [5.41, 5.74) is 9.59. The molecular formula is C41H29N5. The fraction of sp³-hybridized carbons (Fsp3) is 0.0732. The molecule has 5 heteroatoms. The molecule has 8 aromatic rings. The Morgan fingerprint density at radius 2 is 1.20 bits per heavy atom. The van der Waals surface area contributed by atoms with Crippen LogP contribution in [0.25, 0.3) is 72.6 Å². The Hall–Kier alpha value is -5.94. The van der Waals surface area contributed by atoms with Gasteiger partial charge in [-0.1, -0.05) is 134 Å². The number of rotatable bonds is 5. The number of hydrogen-bond donors (Lipinski definition) is 0. The van der Waals surface area contributed by atoms with Crippen LogP contribution in [0.3, 0.4) is 0 Å². The van der Waals surface area contributed by atoms with Gasteiger partial charge >= 0.3 is 0 Å². The van der Waals surface area contributed by atoms with Gasteiger partial charge in [0.15, 0.2) is 11.6 Å². The predicted molar refractivity (Wildman–Crippen MR) is 187 cm³/mol. The second-order valence-corrected chi connectivity index (χ2v) is 12.0. The Morgan fingerprint density at radius 1 is 0.522 bits per heavy atom. The molecule has 0 radical (unpaired) electrons. The minimum Gasteiger partial charge on any atom is -0.292 e. The molecule has 0 bridgehead atoms. The monoisotopic (exact) mass is 591 g/mol. The first kappa shape index (κ1) is 26.5. The number of imidazole rings is 1. The lowest BCUT2D eigenvalue weighted by Gasteiger charge is -2.20.